The molecule has 0 unspecified atom stereocenters. The number of fused-ring (bicyclic) bond motifs is 1. The van der Waals surface area contributed by atoms with Gasteiger partial charge in [0.25, 0.3) is 5.91 Å². The highest BCUT2D eigenvalue weighted by molar-refractivity contribution is 7.21. The normalized spacial score (nSPS) is 20.3. The topological polar surface area (TPSA) is 73.4 Å². The number of anilines is 3. The maximum absolute atomic E-state index is 13.5. The molecule has 35 heavy (non-hydrogen) atoms. The summed E-state index contributed by atoms with van der Waals surface area (Å²) in [5.41, 5.74) is 2.63. The molecule has 0 aromatic carbocycles. The van der Waals surface area contributed by atoms with Crippen molar-refractivity contribution in [3.8, 4) is 0 Å². The minimum atomic E-state index is 0.201. The number of carbonyl (C=O) groups excluding carboxylic acids is 1. The van der Waals surface area contributed by atoms with Gasteiger partial charge in [-0.2, -0.15) is 0 Å². The highest BCUT2D eigenvalue weighted by atomic mass is 32.1. The number of likely N-dealkylation sites (tertiary alicyclic amines) is 1. The standard InChI is InChI=1S/C27H34N6OS/c1-27(2)16-33(17-27)26(34)25-24(18-5-3-4-6-18)20-13-23(30-15-21(20)35-25)31-22-8-7-19(14-29-22)32-11-9-28-10-12-32/h7-8,13-15,18,28H,3-6,9-12,16-17H2,1-2H3,(H,29,30,31). The number of thiophene rings is 1. The van der Waals surface area contributed by atoms with E-state index in [4.69, 9.17) is 0 Å². The van der Waals surface area contributed by atoms with Crippen molar-refractivity contribution in [2.45, 2.75) is 45.4 Å². The van der Waals surface area contributed by atoms with Crippen LogP contribution in [0.2, 0.25) is 0 Å². The molecule has 6 rings (SSSR count). The molecule has 2 saturated heterocycles. The second-order valence-corrected chi connectivity index (χ2v) is 12.0. The van der Waals surface area contributed by atoms with Gasteiger partial charge in [-0.05, 0) is 47.9 Å². The van der Waals surface area contributed by atoms with E-state index in [2.05, 4.69) is 51.5 Å². The van der Waals surface area contributed by atoms with Crippen molar-refractivity contribution in [2.75, 3.05) is 49.5 Å². The number of pyridine rings is 2. The summed E-state index contributed by atoms with van der Waals surface area (Å²) < 4.78 is 1.10. The third-order valence-corrected chi connectivity index (χ3v) is 8.73. The first kappa shape index (κ1) is 22.7. The smallest absolute Gasteiger partial charge is 0.264 e. The van der Waals surface area contributed by atoms with E-state index < -0.39 is 0 Å². The van der Waals surface area contributed by atoms with Gasteiger partial charge in [0.05, 0.1) is 21.5 Å². The number of rotatable bonds is 5. The van der Waals surface area contributed by atoms with Gasteiger partial charge in [-0.25, -0.2) is 9.97 Å². The Balaban J connectivity index is 1.28. The summed E-state index contributed by atoms with van der Waals surface area (Å²) in [6.07, 6.45) is 8.67. The molecule has 5 heterocycles. The van der Waals surface area contributed by atoms with E-state index in [9.17, 15) is 4.79 Å². The van der Waals surface area contributed by atoms with Gasteiger partial charge in [0, 0.05) is 50.9 Å². The van der Waals surface area contributed by atoms with Crippen molar-refractivity contribution in [1.82, 2.24) is 20.2 Å². The maximum atomic E-state index is 13.5. The Bertz CT molecular complexity index is 1220. The molecule has 0 spiro atoms. The molecular formula is C27H34N6OS. The summed E-state index contributed by atoms with van der Waals surface area (Å²) in [6, 6.07) is 6.27. The molecule has 0 bridgehead atoms. The number of nitrogens with zero attached hydrogens (tertiary/aromatic N) is 4. The summed E-state index contributed by atoms with van der Waals surface area (Å²) in [7, 11) is 0. The summed E-state index contributed by atoms with van der Waals surface area (Å²) >= 11 is 1.62. The summed E-state index contributed by atoms with van der Waals surface area (Å²) in [4.78, 5) is 28.1. The first-order valence-corrected chi connectivity index (χ1v) is 13.7. The Morgan fingerprint density at radius 2 is 1.83 bits per heavy atom. The minimum absolute atomic E-state index is 0.201. The Kier molecular flexibility index (Phi) is 5.89. The van der Waals surface area contributed by atoms with E-state index in [1.807, 2.05) is 23.4 Å². The van der Waals surface area contributed by atoms with Crippen LogP contribution in [0.3, 0.4) is 0 Å². The monoisotopic (exact) mass is 490 g/mol. The number of amides is 1. The molecule has 3 fully saturated rings. The Hall–Kier alpha value is -2.71. The Morgan fingerprint density at radius 3 is 2.51 bits per heavy atom. The van der Waals surface area contributed by atoms with Crippen molar-refractivity contribution in [2.24, 2.45) is 5.41 Å². The zero-order valence-electron chi connectivity index (χ0n) is 20.6. The van der Waals surface area contributed by atoms with E-state index in [1.54, 1.807) is 11.3 Å². The highest BCUT2D eigenvalue weighted by Crippen LogP contribution is 2.45. The number of nitrogens with one attached hydrogen (secondary N) is 2. The van der Waals surface area contributed by atoms with Crippen LogP contribution in [-0.2, 0) is 0 Å². The third kappa shape index (κ3) is 4.49. The van der Waals surface area contributed by atoms with Gasteiger partial charge >= 0.3 is 0 Å². The maximum Gasteiger partial charge on any atom is 0.264 e. The van der Waals surface area contributed by atoms with Gasteiger partial charge in [0.2, 0.25) is 0 Å². The van der Waals surface area contributed by atoms with Gasteiger partial charge in [-0.1, -0.05) is 26.7 Å². The van der Waals surface area contributed by atoms with Gasteiger partial charge in [-0.15, -0.1) is 11.3 Å². The van der Waals surface area contributed by atoms with Crippen molar-refractivity contribution in [1.29, 1.82) is 0 Å². The van der Waals surface area contributed by atoms with E-state index in [-0.39, 0.29) is 11.3 Å². The van der Waals surface area contributed by atoms with Crippen LogP contribution in [0.5, 0.6) is 0 Å². The molecule has 3 aliphatic rings. The molecule has 184 valence electrons. The minimum Gasteiger partial charge on any atom is -0.368 e. The fourth-order valence-electron chi connectivity index (χ4n) is 5.84. The van der Waals surface area contributed by atoms with Crippen LogP contribution in [0.4, 0.5) is 17.3 Å². The van der Waals surface area contributed by atoms with Crippen LogP contribution in [0, 0.1) is 5.41 Å². The second kappa shape index (κ2) is 9.06. The van der Waals surface area contributed by atoms with E-state index in [0.717, 1.165) is 79.0 Å². The molecule has 2 N–H and O–H groups in total. The molecule has 2 aliphatic heterocycles. The quantitative estimate of drug-likeness (QED) is 0.525. The van der Waals surface area contributed by atoms with Crippen LogP contribution < -0.4 is 15.5 Å². The molecule has 0 radical (unpaired) electrons. The molecule has 8 heteroatoms. The molecule has 3 aromatic heterocycles. The molecule has 0 atom stereocenters. The van der Waals surface area contributed by atoms with Gasteiger partial charge in [0.15, 0.2) is 0 Å². The fourth-order valence-corrected chi connectivity index (χ4v) is 7.05. The third-order valence-electron chi connectivity index (χ3n) is 7.58. The Labute approximate surface area is 210 Å². The van der Waals surface area contributed by atoms with Crippen LogP contribution in [0.1, 0.15) is 60.7 Å². The number of aromatic nitrogens is 2. The van der Waals surface area contributed by atoms with Gasteiger partial charge < -0.3 is 20.4 Å². The largest absolute Gasteiger partial charge is 0.368 e. The Morgan fingerprint density at radius 1 is 1.09 bits per heavy atom. The first-order chi connectivity index (χ1) is 17.0. The SMILES string of the molecule is CC1(C)CN(C(=O)c2sc3cnc(Nc4ccc(N5CCNCC5)cn4)cc3c2C2CCCC2)C1. The molecule has 3 aromatic rings. The van der Waals surface area contributed by atoms with Crippen molar-refractivity contribution in [3.63, 3.8) is 0 Å². The predicted octanol–water partition coefficient (Wildman–Crippen LogP) is 4.98. The van der Waals surface area contributed by atoms with Crippen molar-refractivity contribution >= 4 is 44.7 Å². The average Bonchev–Trinajstić information content (AvgIpc) is 3.50. The number of carbonyl (C=O) groups is 1. The van der Waals surface area contributed by atoms with Crippen LogP contribution in [-0.4, -0.2) is 60.0 Å². The van der Waals surface area contributed by atoms with E-state index >= 15 is 0 Å². The number of hydrogen-bond donors (Lipinski definition) is 2. The van der Waals surface area contributed by atoms with Gasteiger partial charge in [0.1, 0.15) is 11.6 Å². The van der Waals surface area contributed by atoms with Crippen LogP contribution in [0.15, 0.2) is 30.6 Å². The van der Waals surface area contributed by atoms with E-state index in [1.165, 1.54) is 23.8 Å². The zero-order valence-corrected chi connectivity index (χ0v) is 21.5. The first-order valence-electron chi connectivity index (χ1n) is 12.9. The van der Waals surface area contributed by atoms with Crippen molar-refractivity contribution < 1.29 is 4.79 Å². The lowest BCUT2D eigenvalue weighted by Crippen LogP contribution is -2.55. The van der Waals surface area contributed by atoms with Gasteiger partial charge in [-0.3, -0.25) is 4.79 Å². The average molecular weight is 491 g/mol. The predicted molar refractivity (Wildman–Crippen MR) is 143 cm³/mol. The zero-order chi connectivity index (χ0) is 24.0. The lowest BCUT2D eigenvalue weighted by Gasteiger charge is -2.45. The second-order valence-electron chi connectivity index (χ2n) is 11.0. The fraction of sp³-hybridized carbons (Fsp3) is 0.519. The lowest BCUT2D eigenvalue weighted by molar-refractivity contribution is 0.0239. The molecular weight excluding hydrogens is 456 g/mol. The molecule has 1 aliphatic carbocycles. The van der Waals surface area contributed by atoms with E-state index in [0.29, 0.717) is 5.92 Å². The lowest BCUT2D eigenvalue weighted by atomic mass is 9.84. The van der Waals surface area contributed by atoms with Crippen molar-refractivity contribution in [3.05, 3.63) is 41.0 Å². The highest BCUT2D eigenvalue weighted by Gasteiger charge is 2.39. The number of hydrogen-bond acceptors (Lipinski definition) is 7. The summed E-state index contributed by atoms with van der Waals surface area (Å²) in [5.74, 6) is 2.23. The van der Waals surface area contributed by atoms with Crippen LogP contribution >= 0.6 is 11.3 Å². The molecule has 1 amide bonds. The molecule has 1 saturated carbocycles. The summed E-state index contributed by atoms with van der Waals surface area (Å²) in [6.45, 7) is 10.2. The molecule has 7 nitrogen and oxygen atoms in total. The number of piperazine rings is 1. The summed E-state index contributed by atoms with van der Waals surface area (Å²) in [5, 5.41) is 7.96. The van der Waals surface area contributed by atoms with Crippen LogP contribution in [0.25, 0.3) is 10.1 Å².